The lowest BCUT2D eigenvalue weighted by molar-refractivity contribution is -0.162. The number of ether oxygens (including phenoxy) is 3. The summed E-state index contributed by atoms with van der Waals surface area (Å²) in [5, 5.41) is 16.8. The molecule has 18 nitrogen and oxygen atoms in total. The number of likely N-dealkylation sites (N-methyl/N-ethyl adjacent to an activating group) is 2. The third-order valence-electron chi connectivity index (χ3n) is 13.5. The van der Waals surface area contributed by atoms with E-state index in [9.17, 15) is 43.5 Å². The lowest BCUT2D eigenvalue weighted by atomic mass is 9.99. The molecule has 0 unspecified atom stereocenters. The van der Waals surface area contributed by atoms with Gasteiger partial charge in [-0.25, -0.2) is 4.79 Å². The largest absolute Gasteiger partial charge is 0.497 e. The van der Waals surface area contributed by atoms with Crippen molar-refractivity contribution in [2.45, 2.75) is 162 Å². The first-order chi connectivity index (χ1) is 34.9. The zero-order chi connectivity index (χ0) is 55.1. The van der Waals surface area contributed by atoms with Gasteiger partial charge in [0.25, 0.3) is 11.8 Å². The Morgan fingerprint density at radius 2 is 1.47 bits per heavy atom. The highest BCUT2D eigenvalue weighted by molar-refractivity contribution is 7.20. The summed E-state index contributed by atoms with van der Waals surface area (Å²) >= 11 is 1.30. The molecule has 2 aromatic carbocycles. The molecule has 408 valence electrons. The maximum Gasteiger partial charge on any atom is 0.329 e. The SMILES string of the molecule is CC[C@H](C)C[C@@H](O)CC(=O)O[C@H](C(=O)N[C@@H](CC(C)C)C(=O)N1CCC[C@H]1C(=O)N(C)[C@@H](Cc1ccc(OC)cc1)C(=O)O[C@H](C)[C@H](NC(=O)[C@@H](CC(C)C)N(C)C(=O)c1cc2ccccc2s1)C(N)=O)C(C)C. The quantitative estimate of drug-likeness (QED) is 0.0678. The predicted octanol–water partition coefficient (Wildman–Crippen LogP) is 5.65. The second-order valence-corrected chi connectivity index (χ2v) is 22.0. The minimum atomic E-state index is -1.55. The van der Waals surface area contributed by atoms with Gasteiger partial charge in [0.2, 0.25) is 23.6 Å². The zero-order valence-electron chi connectivity index (χ0n) is 45.3. The molecule has 0 radical (unpaired) electrons. The molecular formula is C55H80N6O12S. The summed E-state index contributed by atoms with van der Waals surface area (Å²) in [7, 11) is 4.45. The van der Waals surface area contributed by atoms with Crippen molar-refractivity contribution >= 4 is 68.8 Å². The van der Waals surface area contributed by atoms with E-state index in [0.717, 1.165) is 16.5 Å². The molecule has 9 atom stereocenters. The van der Waals surface area contributed by atoms with Gasteiger partial charge in [-0.3, -0.25) is 33.6 Å². The monoisotopic (exact) mass is 1050 g/mol. The molecule has 74 heavy (non-hydrogen) atoms. The van der Waals surface area contributed by atoms with Crippen molar-refractivity contribution in [2.24, 2.45) is 29.4 Å². The predicted molar refractivity (Wildman–Crippen MR) is 283 cm³/mol. The Morgan fingerprint density at radius 1 is 0.824 bits per heavy atom. The molecule has 5 N–H and O–H groups in total. The van der Waals surface area contributed by atoms with E-state index in [2.05, 4.69) is 10.6 Å². The van der Waals surface area contributed by atoms with Crippen LogP contribution in [0.4, 0.5) is 0 Å². The van der Waals surface area contributed by atoms with Crippen LogP contribution in [0, 0.1) is 23.7 Å². The highest BCUT2D eigenvalue weighted by atomic mass is 32.1. The number of carbonyl (C=O) groups excluding carboxylic acids is 8. The van der Waals surface area contributed by atoms with Crippen LogP contribution in [0.2, 0.25) is 0 Å². The van der Waals surface area contributed by atoms with Crippen LogP contribution in [0.3, 0.4) is 0 Å². The Hall–Kier alpha value is -6.08. The Labute approximate surface area is 440 Å². The fraction of sp³-hybridized carbons (Fsp3) is 0.600. The number of nitrogens with two attached hydrogens (primary N) is 1. The van der Waals surface area contributed by atoms with Gasteiger partial charge in [-0.15, -0.1) is 11.3 Å². The summed E-state index contributed by atoms with van der Waals surface area (Å²) in [5.41, 5.74) is 6.49. The summed E-state index contributed by atoms with van der Waals surface area (Å²) < 4.78 is 17.8. The van der Waals surface area contributed by atoms with Gasteiger partial charge in [0.1, 0.15) is 42.1 Å². The van der Waals surface area contributed by atoms with Gasteiger partial charge in [-0.05, 0) is 97.9 Å². The van der Waals surface area contributed by atoms with Crippen molar-refractivity contribution < 1.29 is 57.7 Å². The molecule has 3 aromatic rings. The Kier molecular flexibility index (Phi) is 22.9. The van der Waals surface area contributed by atoms with Crippen LogP contribution in [0.1, 0.15) is 122 Å². The molecule has 6 amide bonds. The number of likely N-dealkylation sites (tertiary alicyclic amines) is 1. The van der Waals surface area contributed by atoms with Crippen LogP contribution in [0.5, 0.6) is 5.75 Å². The van der Waals surface area contributed by atoms with E-state index in [1.807, 2.05) is 65.8 Å². The molecule has 0 spiro atoms. The number of nitrogens with zero attached hydrogens (tertiary/aromatic N) is 3. The number of fused-ring (bicyclic) bond motifs is 1. The Morgan fingerprint density at radius 3 is 2.05 bits per heavy atom. The van der Waals surface area contributed by atoms with Gasteiger partial charge in [0.05, 0.1) is 24.5 Å². The molecule has 1 aromatic heterocycles. The second-order valence-electron chi connectivity index (χ2n) is 20.9. The van der Waals surface area contributed by atoms with E-state index < -0.39 is 95.9 Å². The van der Waals surface area contributed by atoms with E-state index >= 15 is 0 Å². The molecule has 0 bridgehead atoms. The number of nitrogens with one attached hydrogen (secondary N) is 2. The molecule has 0 aliphatic carbocycles. The van der Waals surface area contributed by atoms with Crippen LogP contribution in [0.25, 0.3) is 10.1 Å². The van der Waals surface area contributed by atoms with Crippen LogP contribution >= 0.6 is 11.3 Å². The smallest absolute Gasteiger partial charge is 0.329 e. The van der Waals surface area contributed by atoms with Gasteiger partial charge in [-0.1, -0.05) is 92.1 Å². The normalized spacial score (nSPS) is 16.9. The highest BCUT2D eigenvalue weighted by Crippen LogP contribution is 2.28. The topological polar surface area (TPSA) is 244 Å². The maximum absolute atomic E-state index is 14.7. The molecule has 2 heterocycles. The molecule has 4 rings (SSSR count). The molecule has 1 aliphatic rings. The van der Waals surface area contributed by atoms with Crippen LogP contribution in [0.15, 0.2) is 54.6 Å². The lowest BCUT2D eigenvalue weighted by Crippen LogP contribution is -2.59. The van der Waals surface area contributed by atoms with E-state index in [0.29, 0.717) is 29.0 Å². The van der Waals surface area contributed by atoms with Crippen molar-refractivity contribution in [3.05, 3.63) is 65.0 Å². The number of aliphatic hydroxyl groups excluding tert-OH is 1. The fourth-order valence-electron chi connectivity index (χ4n) is 9.06. The summed E-state index contributed by atoms with van der Waals surface area (Å²) in [6.07, 6.45) is -1.57. The number of esters is 2. The number of carbonyl (C=O) groups is 8. The van der Waals surface area contributed by atoms with E-state index in [1.54, 1.807) is 44.2 Å². The minimum absolute atomic E-state index is 0.0530. The van der Waals surface area contributed by atoms with Crippen molar-refractivity contribution in [1.82, 2.24) is 25.3 Å². The summed E-state index contributed by atoms with van der Waals surface area (Å²) in [6, 6.07) is 10.1. The average molecular weight is 1050 g/mol. The van der Waals surface area contributed by atoms with Crippen molar-refractivity contribution in [1.29, 1.82) is 0 Å². The van der Waals surface area contributed by atoms with Gasteiger partial charge in [0.15, 0.2) is 6.10 Å². The van der Waals surface area contributed by atoms with Gasteiger partial charge in [0, 0.05) is 31.8 Å². The van der Waals surface area contributed by atoms with Gasteiger partial charge in [-0.2, -0.15) is 0 Å². The van der Waals surface area contributed by atoms with Crippen molar-refractivity contribution in [3.63, 3.8) is 0 Å². The Balaban J connectivity index is 1.56. The van der Waals surface area contributed by atoms with Crippen LogP contribution < -0.4 is 21.1 Å². The molecule has 1 aliphatic heterocycles. The summed E-state index contributed by atoms with van der Waals surface area (Å²) in [4.78, 5) is 116. The lowest BCUT2D eigenvalue weighted by Gasteiger charge is -2.35. The summed E-state index contributed by atoms with van der Waals surface area (Å²) in [5.74, 6) is -5.42. The maximum atomic E-state index is 14.7. The first-order valence-corrected chi connectivity index (χ1v) is 26.6. The first kappa shape index (κ1) is 60.5. The Bertz CT molecular complexity index is 2370. The van der Waals surface area contributed by atoms with E-state index in [-0.39, 0.29) is 62.3 Å². The third-order valence-corrected chi connectivity index (χ3v) is 14.6. The van der Waals surface area contributed by atoms with E-state index in [4.69, 9.17) is 19.9 Å². The van der Waals surface area contributed by atoms with Gasteiger partial charge < -0.3 is 50.4 Å². The number of thiophene rings is 1. The number of primary amides is 1. The van der Waals surface area contributed by atoms with E-state index in [1.165, 1.54) is 54.2 Å². The van der Waals surface area contributed by atoms with Gasteiger partial charge >= 0.3 is 11.9 Å². The molecule has 19 heteroatoms. The number of methoxy groups -OCH3 is 1. The number of hydrogen-bond acceptors (Lipinski definition) is 13. The summed E-state index contributed by atoms with van der Waals surface area (Å²) in [6.45, 7) is 16.5. The standard InChI is InChI=1S/C55H80N6O12S/c1-13-34(8)27-38(62)30-46(63)73-48(33(6)7)51(66)57-40(25-31(2)3)52(67)61-24-16-18-41(61)53(68)60(11)43(28-36-20-22-39(71-12)23-21-36)55(70)72-35(9)47(49(56)64)58-50(65)42(26-32(4)5)59(10)54(69)45-29-37-17-14-15-19-44(37)74-45/h14-15,17,19-23,29,31-35,38,40-43,47-48,62H,13,16,18,24-28,30H2,1-12H3,(H2,56,64)(H,57,66)(H,58,65)/t34-,35+,38+,40-,41-,42+,43-,47-,48-/m0/s1. The van der Waals surface area contributed by atoms with Crippen molar-refractivity contribution in [3.8, 4) is 5.75 Å². The van der Waals surface area contributed by atoms with Crippen LogP contribution in [-0.4, -0.2) is 143 Å². The number of amides is 6. The molecular weight excluding hydrogens is 969 g/mol. The van der Waals surface area contributed by atoms with Crippen LogP contribution in [-0.2, 0) is 49.5 Å². The average Bonchev–Trinajstić information content (AvgIpc) is 4.02. The zero-order valence-corrected chi connectivity index (χ0v) is 46.1. The third kappa shape index (κ3) is 16.7. The molecule has 1 fully saturated rings. The fourth-order valence-corrected chi connectivity index (χ4v) is 10.1. The minimum Gasteiger partial charge on any atom is -0.497 e. The highest BCUT2D eigenvalue weighted by Gasteiger charge is 2.43. The van der Waals surface area contributed by atoms with Crippen molar-refractivity contribution in [2.75, 3.05) is 27.7 Å². The molecule has 0 saturated carbocycles. The number of rotatable bonds is 27. The molecule has 1 saturated heterocycles. The number of benzene rings is 2. The number of hydrogen-bond donors (Lipinski definition) is 4. The number of aliphatic hydroxyl groups is 1. The first-order valence-electron chi connectivity index (χ1n) is 25.8. The second kappa shape index (κ2) is 28.0.